The summed E-state index contributed by atoms with van der Waals surface area (Å²) in [6, 6.07) is 5.75. The first-order valence-corrected chi connectivity index (χ1v) is 11.7. The van der Waals surface area contributed by atoms with Crippen molar-refractivity contribution in [1.29, 1.82) is 5.26 Å². The van der Waals surface area contributed by atoms with Crippen LogP contribution in [-0.4, -0.2) is 35.0 Å². The van der Waals surface area contributed by atoms with Crippen LogP contribution >= 0.6 is 23.1 Å². The highest BCUT2D eigenvalue weighted by Crippen LogP contribution is 2.33. The Morgan fingerprint density at radius 2 is 2.07 bits per heavy atom. The fourth-order valence-corrected chi connectivity index (χ4v) is 5.41. The van der Waals surface area contributed by atoms with E-state index in [0.29, 0.717) is 38.5 Å². The third kappa shape index (κ3) is 4.97. The average molecular weight is 416 g/mol. The van der Waals surface area contributed by atoms with Crippen molar-refractivity contribution in [2.45, 2.75) is 24.8 Å². The molecule has 0 aliphatic rings. The molecule has 0 amide bonds. The first-order chi connectivity index (χ1) is 13.2. The Kier molecular flexibility index (Phi) is 7.04. The molecule has 138 valence electrons. The molecule has 27 heavy (non-hydrogen) atoms. The van der Waals surface area contributed by atoms with Gasteiger partial charge in [-0.05, 0) is 18.6 Å². The second-order valence-corrected chi connectivity index (χ2v) is 9.32. The minimum Gasteiger partial charge on any atom is -0.259 e. The molecule has 3 heterocycles. The molecule has 0 saturated heterocycles. The molecular formula is C18H17N5OS3. The normalized spacial score (nSPS) is 11.9. The maximum atomic E-state index is 12.2. The lowest BCUT2D eigenvalue weighted by Gasteiger charge is -2.10. The van der Waals surface area contributed by atoms with Crippen LogP contribution in [0.5, 0.6) is 0 Å². The molecule has 0 aliphatic heterocycles. The Labute approximate surface area is 168 Å². The molecule has 0 aromatic carbocycles. The summed E-state index contributed by atoms with van der Waals surface area (Å²) >= 11 is 2.81. The van der Waals surface area contributed by atoms with Crippen molar-refractivity contribution in [1.82, 2.24) is 19.9 Å². The summed E-state index contributed by atoms with van der Waals surface area (Å²) in [5.74, 6) is 1.12. The van der Waals surface area contributed by atoms with Gasteiger partial charge >= 0.3 is 0 Å². The number of hydrogen-bond donors (Lipinski definition) is 0. The summed E-state index contributed by atoms with van der Waals surface area (Å²) in [6.07, 6.45) is 6.92. The van der Waals surface area contributed by atoms with E-state index in [1.54, 1.807) is 30.7 Å². The van der Waals surface area contributed by atoms with Crippen molar-refractivity contribution in [2.24, 2.45) is 0 Å². The molecule has 9 heteroatoms. The third-order valence-corrected chi connectivity index (χ3v) is 7.24. The number of unbranched alkanes of at least 4 members (excludes halogenated alkanes) is 1. The zero-order valence-electron chi connectivity index (χ0n) is 14.7. The molecule has 3 aromatic rings. The quantitative estimate of drug-likeness (QED) is 0.511. The molecule has 1 unspecified atom stereocenters. The van der Waals surface area contributed by atoms with Gasteiger partial charge in [0.05, 0.1) is 10.6 Å². The number of nitriles is 1. The van der Waals surface area contributed by atoms with E-state index >= 15 is 0 Å². The summed E-state index contributed by atoms with van der Waals surface area (Å²) in [5.41, 5.74) is 1.67. The second kappa shape index (κ2) is 9.69. The zero-order valence-corrected chi connectivity index (χ0v) is 17.1. The van der Waals surface area contributed by atoms with Crippen molar-refractivity contribution in [3.63, 3.8) is 0 Å². The van der Waals surface area contributed by atoms with Crippen molar-refractivity contribution in [3.05, 3.63) is 41.7 Å². The van der Waals surface area contributed by atoms with E-state index in [-0.39, 0.29) is 0 Å². The topological polar surface area (TPSA) is 92.4 Å². The summed E-state index contributed by atoms with van der Waals surface area (Å²) in [6.45, 7) is 2.07. The molecular weight excluding hydrogens is 398 g/mol. The molecule has 0 radical (unpaired) electrons. The standard InChI is InChI=1S/C18H17N5OS3/c1-2-3-9-27(24)12-26-17-14(11-19)13(16-20-5-4-6-21-16)10-15(23-17)18-22-7-8-25-18/h4-8,10H,2-3,9,12H2,1H3. The molecule has 3 aromatic heterocycles. The molecule has 0 saturated carbocycles. The van der Waals surface area contributed by atoms with Crippen molar-refractivity contribution in [3.8, 4) is 28.2 Å². The summed E-state index contributed by atoms with van der Waals surface area (Å²) in [7, 11) is -0.956. The van der Waals surface area contributed by atoms with Crippen LogP contribution in [0.1, 0.15) is 25.3 Å². The van der Waals surface area contributed by atoms with Gasteiger partial charge in [-0.2, -0.15) is 5.26 Å². The molecule has 0 N–H and O–H groups in total. The lowest BCUT2D eigenvalue weighted by Crippen LogP contribution is -2.02. The Balaban J connectivity index is 2.01. The number of thioether (sulfide) groups is 1. The van der Waals surface area contributed by atoms with E-state index in [1.165, 1.54) is 23.1 Å². The third-order valence-electron chi connectivity index (χ3n) is 3.61. The van der Waals surface area contributed by atoms with Gasteiger partial charge in [0.25, 0.3) is 0 Å². The summed E-state index contributed by atoms with van der Waals surface area (Å²) in [4.78, 5) is 17.5. The molecule has 0 fully saturated rings. The highest BCUT2D eigenvalue weighted by atomic mass is 32.2. The van der Waals surface area contributed by atoms with Gasteiger partial charge in [-0.1, -0.05) is 25.1 Å². The number of thiazole rings is 1. The molecule has 1 atom stereocenters. The van der Waals surface area contributed by atoms with Gasteiger partial charge in [0.2, 0.25) is 0 Å². The Bertz CT molecular complexity index is 955. The van der Waals surface area contributed by atoms with Crippen LogP contribution < -0.4 is 0 Å². The van der Waals surface area contributed by atoms with Crippen molar-refractivity contribution in [2.75, 3.05) is 10.8 Å². The van der Waals surface area contributed by atoms with Crippen molar-refractivity contribution >= 4 is 33.9 Å². The highest BCUT2D eigenvalue weighted by Gasteiger charge is 2.18. The molecule has 0 aliphatic carbocycles. The lowest BCUT2D eigenvalue weighted by atomic mass is 10.1. The Morgan fingerprint density at radius 3 is 2.74 bits per heavy atom. The predicted molar refractivity (Wildman–Crippen MR) is 110 cm³/mol. The smallest absolute Gasteiger partial charge is 0.160 e. The van der Waals surface area contributed by atoms with Gasteiger partial charge in [-0.3, -0.25) is 4.21 Å². The van der Waals surface area contributed by atoms with Gasteiger partial charge < -0.3 is 0 Å². The number of pyridine rings is 1. The van der Waals surface area contributed by atoms with Crippen LogP contribution in [-0.2, 0) is 10.8 Å². The Hall–Kier alpha value is -2.15. The van der Waals surface area contributed by atoms with Crippen LogP contribution in [0.3, 0.4) is 0 Å². The summed E-state index contributed by atoms with van der Waals surface area (Å²) in [5, 5.41) is 13.3. The second-order valence-electron chi connectivity index (χ2n) is 5.52. The number of nitrogens with zero attached hydrogens (tertiary/aromatic N) is 5. The van der Waals surface area contributed by atoms with E-state index in [9.17, 15) is 9.47 Å². The van der Waals surface area contributed by atoms with E-state index in [2.05, 4.69) is 32.9 Å². The minimum atomic E-state index is -0.956. The van der Waals surface area contributed by atoms with Crippen LogP contribution in [0.2, 0.25) is 0 Å². The lowest BCUT2D eigenvalue weighted by molar-refractivity contribution is 0.682. The SMILES string of the molecule is CCCCS(=O)CSc1nc(-c2nccs2)cc(-c2ncccn2)c1C#N. The monoisotopic (exact) mass is 415 g/mol. The van der Waals surface area contributed by atoms with E-state index < -0.39 is 10.8 Å². The van der Waals surface area contributed by atoms with Gasteiger partial charge in [-0.25, -0.2) is 19.9 Å². The molecule has 6 nitrogen and oxygen atoms in total. The minimum absolute atomic E-state index is 0.401. The van der Waals surface area contributed by atoms with Crippen molar-refractivity contribution < 1.29 is 4.21 Å². The van der Waals surface area contributed by atoms with E-state index in [4.69, 9.17) is 0 Å². The maximum Gasteiger partial charge on any atom is 0.160 e. The first-order valence-electron chi connectivity index (χ1n) is 8.33. The van der Waals surface area contributed by atoms with Crippen LogP contribution in [0.4, 0.5) is 0 Å². The number of rotatable bonds is 8. The maximum absolute atomic E-state index is 12.2. The van der Waals surface area contributed by atoms with E-state index in [1.807, 2.05) is 5.38 Å². The van der Waals surface area contributed by atoms with Gasteiger partial charge in [-0.15, -0.1) is 11.3 Å². The fraction of sp³-hybridized carbons (Fsp3) is 0.278. The van der Waals surface area contributed by atoms with Gasteiger partial charge in [0.1, 0.15) is 21.8 Å². The van der Waals surface area contributed by atoms with Crippen LogP contribution in [0.15, 0.2) is 41.1 Å². The van der Waals surface area contributed by atoms with Crippen LogP contribution in [0.25, 0.3) is 22.1 Å². The van der Waals surface area contributed by atoms with Gasteiger partial charge in [0.15, 0.2) is 5.82 Å². The largest absolute Gasteiger partial charge is 0.259 e. The fourth-order valence-electron chi connectivity index (χ4n) is 2.29. The van der Waals surface area contributed by atoms with Crippen LogP contribution in [0, 0.1) is 11.3 Å². The Morgan fingerprint density at radius 1 is 1.26 bits per heavy atom. The highest BCUT2D eigenvalue weighted by molar-refractivity contribution is 8.10. The van der Waals surface area contributed by atoms with Gasteiger partial charge in [0, 0.05) is 46.1 Å². The van der Waals surface area contributed by atoms with E-state index in [0.717, 1.165) is 17.8 Å². The number of hydrogen-bond acceptors (Lipinski definition) is 8. The summed E-state index contributed by atoms with van der Waals surface area (Å²) < 4.78 is 12.2. The average Bonchev–Trinajstić information content (AvgIpc) is 3.25. The predicted octanol–water partition coefficient (Wildman–Crippen LogP) is 4.13. The molecule has 0 bridgehead atoms. The zero-order chi connectivity index (χ0) is 19.1. The first kappa shape index (κ1) is 19.6. The molecule has 3 rings (SSSR count). The number of aromatic nitrogens is 4. The molecule has 0 spiro atoms.